The van der Waals surface area contributed by atoms with Gasteiger partial charge in [0.1, 0.15) is 0 Å². The predicted octanol–water partition coefficient (Wildman–Crippen LogP) is 1.31. The van der Waals surface area contributed by atoms with E-state index >= 15 is 0 Å². The molecule has 0 saturated heterocycles. The lowest BCUT2D eigenvalue weighted by molar-refractivity contribution is 0.284. The van der Waals surface area contributed by atoms with E-state index in [4.69, 9.17) is 5.11 Å². The van der Waals surface area contributed by atoms with Gasteiger partial charge in [0.15, 0.2) is 0 Å². The molecule has 0 heterocycles. The number of allylic oxidation sites excluding steroid dienone is 2. The van der Waals surface area contributed by atoms with Crippen molar-refractivity contribution < 1.29 is 5.11 Å². The maximum Gasteiger partial charge on any atom is 0.0443 e. The molecule has 0 aliphatic heterocycles. The Kier molecular flexibility index (Phi) is 5.04. The summed E-state index contributed by atoms with van der Waals surface area (Å²) in [5.74, 6) is 0.827. The van der Waals surface area contributed by atoms with E-state index in [1.54, 1.807) is 0 Å². The van der Waals surface area contributed by atoms with Crippen LogP contribution in [-0.4, -0.2) is 24.8 Å². The van der Waals surface area contributed by atoms with E-state index in [0.29, 0.717) is 6.61 Å². The van der Waals surface area contributed by atoms with Gasteiger partial charge in [-0.1, -0.05) is 12.2 Å². The van der Waals surface area contributed by atoms with Crippen molar-refractivity contribution in [1.82, 2.24) is 5.32 Å². The number of hydrogen-bond donors (Lipinski definition) is 2. The molecule has 12 heavy (non-hydrogen) atoms. The van der Waals surface area contributed by atoms with Crippen LogP contribution in [0.1, 0.15) is 25.7 Å². The van der Waals surface area contributed by atoms with Crippen molar-refractivity contribution in [3.63, 3.8) is 0 Å². The van der Waals surface area contributed by atoms with Gasteiger partial charge in [0.2, 0.25) is 0 Å². The van der Waals surface area contributed by atoms with Gasteiger partial charge in [0.25, 0.3) is 0 Å². The lowest BCUT2D eigenvalue weighted by Crippen LogP contribution is -2.24. The van der Waals surface area contributed by atoms with Gasteiger partial charge in [0.05, 0.1) is 0 Å². The molecule has 0 radical (unpaired) electrons. The van der Waals surface area contributed by atoms with Crippen LogP contribution in [0.25, 0.3) is 0 Å². The Balaban J connectivity index is 1.95. The molecule has 1 atom stereocenters. The van der Waals surface area contributed by atoms with Crippen molar-refractivity contribution in [2.24, 2.45) is 5.92 Å². The summed E-state index contributed by atoms with van der Waals surface area (Å²) in [5.41, 5.74) is 0. The minimum Gasteiger partial charge on any atom is -0.396 e. The number of aliphatic hydroxyl groups excluding tert-OH is 1. The maximum absolute atomic E-state index is 8.55. The lowest BCUT2D eigenvalue weighted by atomic mass is 9.94. The van der Waals surface area contributed by atoms with Crippen LogP contribution in [-0.2, 0) is 0 Å². The van der Waals surface area contributed by atoms with E-state index in [1.807, 2.05) is 0 Å². The highest BCUT2D eigenvalue weighted by atomic mass is 16.3. The standard InChI is InChI=1S/C10H19NO/c12-8-4-7-11-9-10-5-2-1-3-6-10/h1-2,10-12H,3-9H2/t10-/m1/s1. The number of rotatable bonds is 5. The fourth-order valence-corrected chi connectivity index (χ4v) is 1.55. The summed E-state index contributed by atoms with van der Waals surface area (Å²) in [6.07, 6.45) is 9.22. The summed E-state index contributed by atoms with van der Waals surface area (Å²) in [6.45, 7) is 2.37. The highest BCUT2D eigenvalue weighted by Crippen LogP contribution is 2.16. The second-order valence-electron chi connectivity index (χ2n) is 3.43. The average Bonchev–Trinajstić information content (AvgIpc) is 2.14. The fraction of sp³-hybridized carbons (Fsp3) is 0.800. The number of nitrogens with one attached hydrogen (secondary N) is 1. The molecule has 0 spiro atoms. The van der Waals surface area contributed by atoms with Gasteiger partial charge in [-0.15, -0.1) is 0 Å². The second-order valence-corrected chi connectivity index (χ2v) is 3.43. The number of aliphatic hydroxyl groups is 1. The summed E-state index contributed by atoms with van der Waals surface area (Å²) in [6, 6.07) is 0. The summed E-state index contributed by atoms with van der Waals surface area (Å²) < 4.78 is 0. The molecule has 0 aromatic rings. The van der Waals surface area contributed by atoms with Gasteiger partial charge in [-0.05, 0) is 44.7 Å². The first kappa shape index (κ1) is 9.75. The van der Waals surface area contributed by atoms with E-state index in [1.165, 1.54) is 19.3 Å². The van der Waals surface area contributed by atoms with E-state index in [9.17, 15) is 0 Å². The van der Waals surface area contributed by atoms with Crippen LogP contribution in [0.4, 0.5) is 0 Å². The summed E-state index contributed by atoms with van der Waals surface area (Å²) in [4.78, 5) is 0. The Hall–Kier alpha value is -0.340. The molecule has 1 rings (SSSR count). The first-order valence-electron chi connectivity index (χ1n) is 4.90. The van der Waals surface area contributed by atoms with Crippen LogP contribution in [0.15, 0.2) is 12.2 Å². The maximum atomic E-state index is 8.55. The SMILES string of the molecule is OCCCNC[C@@H]1CC=CCC1. The van der Waals surface area contributed by atoms with Crippen molar-refractivity contribution >= 4 is 0 Å². The van der Waals surface area contributed by atoms with Gasteiger partial charge >= 0.3 is 0 Å². The second kappa shape index (κ2) is 6.21. The first-order valence-corrected chi connectivity index (χ1v) is 4.90. The third kappa shape index (κ3) is 3.88. The van der Waals surface area contributed by atoms with Crippen LogP contribution in [0, 0.1) is 5.92 Å². The quantitative estimate of drug-likeness (QED) is 0.480. The molecule has 0 amide bonds. The van der Waals surface area contributed by atoms with Crippen LogP contribution in [0.3, 0.4) is 0 Å². The van der Waals surface area contributed by atoms with Gasteiger partial charge < -0.3 is 10.4 Å². The molecule has 2 nitrogen and oxygen atoms in total. The minimum atomic E-state index is 0.303. The molecular formula is C10H19NO. The molecule has 70 valence electrons. The van der Waals surface area contributed by atoms with Crippen molar-refractivity contribution in [3.8, 4) is 0 Å². The molecule has 0 aromatic carbocycles. The van der Waals surface area contributed by atoms with Crippen LogP contribution < -0.4 is 5.32 Å². The molecule has 0 fully saturated rings. The highest BCUT2D eigenvalue weighted by molar-refractivity contribution is 4.90. The monoisotopic (exact) mass is 169 g/mol. The Bertz CT molecular complexity index is 134. The van der Waals surface area contributed by atoms with Crippen LogP contribution >= 0.6 is 0 Å². The Morgan fingerprint density at radius 2 is 2.33 bits per heavy atom. The van der Waals surface area contributed by atoms with E-state index in [0.717, 1.165) is 25.4 Å². The molecule has 1 aliphatic rings. The molecule has 1 aliphatic carbocycles. The van der Waals surface area contributed by atoms with Crippen LogP contribution in [0.5, 0.6) is 0 Å². The highest BCUT2D eigenvalue weighted by Gasteiger charge is 2.07. The molecular weight excluding hydrogens is 150 g/mol. The zero-order valence-corrected chi connectivity index (χ0v) is 7.63. The van der Waals surface area contributed by atoms with E-state index in [2.05, 4.69) is 17.5 Å². The van der Waals surface area contributed by atoms with Crippen molar-refractivity contribution in [3.05, 3.63) is 12.2 Å². The van der Waals surface area contributed by atoms with Crippen molar-refractivity contribution in [1.29, 1.82) is 0 Å². The Labute approximate surface area is 74.7 Å². The predicted molar refractivity (Wildman–Crippen MR) is 51.1 cm³/mol. The van der Waals surface area contributed by atoms with E-state index in [-0.39, 0.29) is 0 Å². The molecule has 0 unspecified atom stereocenters. The molecule has 0 bridgehead atoms. The molecule has 2 N–H and O–H groups in total. The third-order valence-electron chi connectivity index (χ3n) is 2.32. The van der Waals surface area contributed by atoms with Crippen molar-refractivity contribution in [2.45, 2.75) is 25.7 Å². The minimum absolute atomic E-state index is 0.303. The summed E-state index contributed by atoms with van der Waals surface area (Å²) in [5, 5.41) is 11.9. The summed E-state index contributed by atoms with van der Waals surface area (Å²) >= 11 is 0. The van der Waals surface area contributed by atoms with Gasteiger partial charge in [0, 0.05) is 6.61 Å². The van der Waals surface area contributed by atoms with Crippen molar-refractivity contribution in [2.75, 3.05) is 19.7 Å². The van der Waals surface area contributed by atoms with Crippen LogP contribution in [0.2, 0.25) is 0 Å². The Morgan fingerprint density at radius 1 is 1.42 bits per heavy atom. The zero-order valence-electron chi connectivity index (χ0n) is 7.63. The first-order chi connectivity index (χ1) is 5.93. The average molecular weight is 169 g/mol. The molecule has 0 saturated carbocycles. The topological polar surface area (TPSA) is 32.3 Å². The van der Waals surface area contributed by atoms with Gasteiger partial charge in [-0.3, -0.25) is 0 Å². The lowest BCUT2D eigenvalue weighted by Gasteiger charge is -2.17. The molecule has 0 aromatic heterocycles. The fourth-order valence-electron chi connectivity index (χ4n) is 1.55. The van der Waals surface area contributed by atoms with E-state index < -0.39 is 0 Å². The Morgan fingerprint density at radius 3 is 3.00 bits per heavy atom. The normalized spacial score (nSPS) is 22.9. The summed E-state index contributed by atoms with van der Waals surface area (Å²) in [7, 11) is 0. The zero-order chi connectivity index (χ0) is 8.65. The smallest absolute Gasteiger partial charge is 0.0443 e. The number of hydrogen-bond acceptors (Lipinski definition) is 2. The van der Waals surface area contributed by atoms with Gasteiger partial charge in [-0.25, -0.2) is 0 Å². The largest absolute Gasteiger partial charge is 0.396 e. The third-order valence-corrected chi connectivity index (χ3v) is 2.32. The van der Waals surface area contributed by atoms with Gasteiger partial charge in [-0.2, -0.15) is 0 Å². The molecule has 2 heteroatoms.